The topological polar surface area (TPSA) is 55.1 Å². The first-order chi connectivity index (χ1) is 7.59. The van der Waals surface area contributed by atoms with Crippen LogP contribution < -0.4 is 0 Å². The second-order valence-electron chi connectivity index (χ2n) is 3.33. The molecule has 0 aliphatic heterocycles. The van der Waals surface area contributed by atoms with E-state index in [0.717, 1.165) is 0 Å². The second-order valence-corrected chi connectivity index (χ2v) is 3.33. The Bertz CT molecular complexity index is 531. The van der Waals surface area contributed by atoms with Crippen LogP contribution in [0.3, 0.4) is 0 Å². The first-order valence-corrected chi connectivity index (χ1v) is 4.63. The molecule has 5 heteroatoms. The highest BCUT2D eigenvalue weighted by atomic mass is 19.1. The molecule has 0 fully saturated rings. The molecule has 0 saturated carbocycles. The summed E-state index contributed by atoms with van der Waals surface area (Å²) in [6.45, 7) is 1.61. The average molecular weight is 220 g/mol. The lowest BCUT2D eigenvalue weighted by atomic mass is 10.3. The van der Waals surface area contributed by atoms with E-state index in [2.05, 4.69) is 4.98 Å². The van der Waals surface area contributed by atoms with Gasteiger partial charge in [-0.25, -0.2) is 14.2 Å². The quantitative estimate of drug-likeness (QED) is 0.842. The van der Waals surface area contributed by atoms with Gasteiger partial charge in [-0.3, -0.25) is 4.57 Å². The van der Waals surface area contributed by atoms with Crippen LogP contribution in [0.5, 0.6) is 0 Å². The predicted octanol–water partition coefficient (Wildman–Crippen LogP) is 2.02. The summed E-state index contributed by atoms with van der Waals surface area (Å²) in [6, 6.07) is 5.55. The van der Waals surface area contributed by atoms with Crippen LogP contribution in [0.4, 0.5) is 4.39 Å². The van der Waals surface area contributed by atoms with Gasteiger partial charge in [0.2, 0.25) is 0 Å². The molecule has 0 spiro atoms. The van der Waals surface area contributed by atoms with Gasteiger partial charge in [0.05, 0.1) is 5.69 Å². The number of hydrogen-bond acceptors (Lipinski definition) is 2. The third kappa shape index (κ3) is 1.67. The summed E-state index contributed by atoms with van der Waals surface area (Å²) in [4.78, 5) is 14.9. The van der Waals surface area contributed by atoms with Crippen molar-refractivity contribution < 1.29 is 14.3 Å². The van der Waals surface area contributed by atoms with Crippen molar-refractivity contribution in [2.75, 3.05) is 0 Å². The number of hydrogen-bond donors (Lipinski definition) is 1. The highest BCUT2D eigenvalue weighted by molar-refractivity contribution is 5.87. The number of rotatable bonds is 2. The first kappa shape index (κ1) is 10.4. The molecular weight excluding hydrogens is 211 g/mol. The molecule has 1 N–H and O–H groups in total. The van der Waals surface area contributed by atoms with Gasteiger partial charge in [0.25, 0.3) is 0 Å². The Kier molecular flexibility index (Phi) is 2.44. The van der Waals surface area contributed by atoms with Gasteiger partial charge in [-0.15, -0.1) is 0 Å². The number of nitrogens with zero attached hydrogens (tertiary/aromatic N) is 2. The SMILES string of the molecule is Cc1ncn(-c2ccc(F)cc2)c1C(=O)O. The molecular formula is C11H9FN2O2. The Balaban J connectivity index is 2.56. The molecule has 0 aliphatic carbocycles. The van der Waals surface area contributed by atoms with Gasteiger partial charge in [-0.05, 0) is 31.2 Å². The van der Waals surface area contributed by atoms with Gasteiger partial charge in [0.1, 0.15) is 12.1 Å². The zero-order chi connectivity index (χ0) is 11.7. The van der Waals surface area contributed by atoms with E-state index in [4.69, 9.17) is 5.11 Å². The summed E-state index contributed by atoms with van der Waals surface area (Å²) in [5.74, 6) is -1.42. The maximum atomic E-state index is 12.7. The van der Waals surface area contributed by atoms with Crippen LogP contribution in [0.2, 0.25) is 0 Å². The number of aromatic carboxylic acids is 1. The summed E-state index contributed by atoms with van der Waals surface area (Å²) in [7, 11) is 0. The van der Waals surface area contributed by atoms with E-state index in [1.807, 2.05) is 0 Å². The van der Waals surface area contributed by atoms with Crippen molar-refractivity contribution in [1.82, 2.24) is 9.55 Å². The average Bonchev–Trinajstić information content (AvgIpc) is 2.61. The lowest BCUT2D eigenvalue weighted by molar-refractivity contribution is 0.0687. The first-order valence-electron chi connectivity index (χ1n) is 4.63. The molecule has 2 aromatic rings. The van der Waals surface area contributed by atoms with E-state index in [-0.39, 0.29) is 11.5 Å². The number of carbonyl (C=O) groups is 1. The van der Waals surface area contributed by atoms with Crippen LogP contribution in [-0.4, -0.2) is 20.6 Å². The lowest BCUT2D eigenvalue weighted by Gasteiger charge is -2.05. The molecule has 2 rings (SSSR count). The van der Waals surface area contributed by atoms with E-state index < -0.39 is 5.97 Å². The minimum Gasteiger partial charge on any atom is -0.477 e. The van der Waals surface area contributed by atoms with Gasteiger partial charge >= 0.3 is 5.97 Å². The van der Waals surface area contributed by atoms with Gasteiger partial charge in [0, 0.05) is 5.69 Å². The monoisotopic (exact) mass is 220 g/mol. The molecule has 0 saturated heterocycles. The molecule has 1 aromatic heterocycles. The molecule has 82 valence electrons. The Morgan fingerprint density at radius 1 is 1.38 bits per heavy atom. The summed E-state index contributed by atoms with van der Waals surface area (Å²) >= 11 is 0. The molecule has 0 aliphatic rings. The number of carboxylic acids is 1. The van der Waals surface area contributed by atoms with Crippen LogP contribution >= 0.6 is 0 Å². The number of carboxylic acid groups (broad SMARTS) is 1. The number of halogens is 1. The van der Waals surface area contributed by atoms with Crippen molar-refractivity contribution in [2.24, 2.45) is 0 Å². The van der Waals surface area contributed by atoms with E-state index >= 15 is 0 Å². The predicted molar refractivity (Wildman–Crippen MR) is 55.2 cm³/mol. The third-order valence-electron chi connectivity index (χ3n) is 2.26. The van der Waals surface area contributed by atoms with Gasteiger partial charge < -0.3 is 5.11 Å². The van der Waals surface area contributed by atoms with Crippen molar-refractivity contribution in [3.05, 3.63) is 47.8 Å². The Morgan fingerprint density at radius 3 is 2.56 bits per heavy atom. The molecule has 16 heavy (non-hydrogen) atoms. The van der Waals surface area contributed by atoms with Crippen molar-refractivity contribution in [3.63, 3.8) is 0 Å². The van der Waals surface area contributed by atoms with E-state index in [9.17, 15) is 9.18 Å². The summed E-state index contributed by atoms with van der Waals surface area (Å²) in [5, 5.41) is 9.02. The summed E-state index contributed by atoms with van der Waals surface area (Å²) in [6.07, 6.45) is 1.41. The van der Waals surface area contributed by atoms with E-state index in [0.29, 0.717) is 11.4 Å². The minimum absolute atomic E-state index is 0.0895. The Hall–Kier alpha value is -2.17. The molecule has 0 radical (unpaired) electrons. The van der Waals surface area contributed by atoms with Gasteiger partial charge in [-0.1, -0.05) is 0 Å². The van der Waals surface area contributed by atoms with Crippen LogP contribution in [0.15, 0.2) is 30.6 Å². The van der Waals surface area contributed by atoms with Gasteiger partial charge in [-0.2, -0.15) is 0 Å². The highest BCUT2D eigenvalue weighted by Gasteiger charge is 2.15. The highest BCUT2D eigenvalue weighted by Crippen LogP contribution is 2.14. The molecule has 4 nitrogen and oxygen atoms in total. The fourth-order valence-electron chi connectivity index (χ4n) is 1.49. The van der Waals surface area contributed by atoms with Crippen molar-refractivity contribution >= 4 is 5.97 Å². The normalized spacial score (nSPS) is 10.4. The van der Waals surface area contributed by atoms with Crippen LogP contribution in [0.1, 0.15) is 16.2 Å². The minimum atomic E-state index is -1.06. The maximum absolute atomic E-state index is 12.7. The van der Waals surface area contributed by atoms with Crippen LogP contribution in [0, 0.1) is 12.7 Å². The molecule has 0 amide bonds. The smallest absolute Gasteiger partial charge is 0.354 e. The molecule has 1 aromatic carbocycles. The largest absolute Gasteiger partial charge is 0.477 e. The van der Waals surface area contributed by atoms with Crippen molar-refractivity contribution in [3.8, 4) is 5.69 Å². The summed E-state index contributed by atoms with van der Waals surface area (Å²) < 4.78 is 14.1. The fourth-order valence-corrected chi connectivity index (χ4v) is 1.49. The Labute approximate surface area is 91.0 Å². The zero-order valence-corrected chi connectivity index (χ0v) is 8.51. The Morgan fingerprint density at radius 2 is 2.00 bits per heavy atom. The third-order valence-corrected chi connectivity index (χ3v) is 2.26. The number of benzene rings is 1. The number of imidazole rings is 1. The molecule has 0 bridgehead atoms. The standard InChI is InChI=1S/C11H9FN2O2/c1-7-10(11(15)16)14(6-13-7)9-4-2-8(12)3-5-9/h2-6H,1H3,(H,15,16). The number of aryl methyl sites for hydroxylation is 1. The second kappa shape index (κ2) is 3.77. The summed E-state index contributed by atoms with van der Waals surface area (Å²) in [5.41, 5.74) is 1.09. The molecule has 1 heterocycles. The number of aromatic nitrogens is 2. The van der Waals surface area contributed by atoms with Crippen LogP contribution in [-0.2, 0) is 0 Å². The van der Waals surface area contributed by atoms with Gasteiger partial charge in [0.15, 0.2) is 5.69 Å². The van der Waals surface area contributed by atoms with E-state index in [1.54, 1.807) is 6.92 Å². The molecule has 0 atom stereocenters. The lowest BCUT2D eigenvalue weighted by Crippen LogP contribution is -2.07. The zero-order valence-electron chi connectivity index (χ0n) is 8.51. The van der Waals surface area contributed by atoms with Crippen molar-refractivity contribution in [1.29, 1.82) is 0 Å². The maximum Gasteiger partial charge on any atom is 0.354 e. The fraction of sp³-hybridized carbons (Fsp3) is 0.0909. The van der Waals surface area contributed by atoms with Crippen LogP contribution in [0.25, 0.3) is 5.69 Å². The van der Waals surface area contributed by atoms with Crippen molar-refractivity contribution in [2.45, 2.75) is 6.92 Å². The molecule has 0 unspecified atom stereocenters. The van der Waals surface area contributed by atoms with E-state index in [1.165, 1.54) is 35.2 Å².